The Labute approximate surface area is 107 Å². The standard InChI is InChI=1S/C13H21NO4/c1-3-4-7-18-13-10(2)14(6-5-12(13)17)8-11(16)9-15/h5-6,11,15-16H,3-4,7-9H2,1-2H3. The molecule has 0 bridgehead atoms. The van der Waals surface area contributed by atoms with Crippen LogP contribution in [0.2, 0.25) is 0 Å². The minimum Gasteiger partial charge on any atom is -0.488 e. The molecule has 1 aromatic heterocycles. The highest BCUT2D eigenvalue weighted by molar-refractivity contribution is 5.27. The number of aromatic nitrogens is 1. The number of unbranched alkanes of at least 4 members (excludes halogenated alkanes) is 1. The van der Waals surface area contributed by atoms with E-state index in [0.717, 1.165) is 12.8 Å². The van der Waals surface area contributed by atoms with Crippen LogP contribution in [0.3, 0.4) is 0 Å². The van der Waals surface area contributed by atoms with E-state index in [-0.39, 0.29) is 18.6 Å². The van der Waals surface area contributed by atoms with Crippen LogP contribution in [0.25, 0.3) is 0 Å². The maximum atomic E-state index is 11.7. The topological polar surface area (TPSA) is 71.7 Å². The first-order chi connectivity index (χ1) is 8.60. The van der Waals surface area contributed by atoms with Crippen molar-refractivity contribution in [2.45, 2.75) is 39.3 Å². The Hall–Kier alpha value is -1.33. The molecule has 5 nitrogen and oxygen atoms in total. The van der Waals surface area contributed by atoms with E-state index in [4.69, 9.17) is 9.84 Å². The van der Waals surface area contributed by atoms with Crippen molar-refractivity contribution in [1.82, 2.24) is 4.57 Å². The fraction of sp³-hybridized carbons (Fsp3) is 0.615. The van der Waals surface area contributed by atoms with Crippen molar-refractivity contribution in [3.05, 3.63) is 28.2 Å². The van der Waals surface area contributed by atoms with Crippen LogP contribution in [0, 0.1) is 6.92 Å². The molecule has 1 aromatic rings. The number of hydrogen-bond donors (Lipinski definition) is 2. The second kappa shape index (κ2) is 7.18. The van der Waals surface area contributed by atoms with Crippen LogP contribution in [-0.4, -0.2) is 34.1 Å². The summed E-state index contributed by atoms with van der Waals surface area (Å²) in [5, 5.41) is 18.2. The van der Waals surface area contributed by atoms with E-state index in [2.05, 4.69) is 6.92 Å². The Morgan fingerprint density at radius 2 is 2.22 bits per heavy atom. The Kier molecular flexibility index (Phi) is 5.88. The van der Waals surface area contributed by atoms with Gasteiger partial charge in [0.2, 0.25) is 5.43 Å². The van der Waals surface area contributed by atoms with Crippen LogP contribution in [0.4, 0.5) is 0 Å². The van der Waals surface area contributed by atoms with Crippen molar-refractivity contribution in [1.29, 1.82) is 0 Å². The lowest BCUT2D eigenvalue weighted by molar-refractivity contribution is 0.0803. The van der Waals surface area contributed by atoms with Gasteiger partial charge in [0.15, 0.2) is 5.75 Å². The number of aliphatic hydroxyl groups is 2. The van der Waals surface area contributed by atoms with E-state index in [1.807, 2.05) is 0 Å². The molecule has 0 aliphatic carbocycles. The molecule has 0 radical (unpaired) electrons. The first-order valence-electron chi connectivity index (χ1n) is 6.21. The van der Waals surface area contributed by atoms with Gasteiger partial charge in [-0.1, -0.05) is 13.3 Å². The average Bonchev–Trinajstić information content (AvgIpc) is 2.36. The zero-order valence-corrected chi connectivity index (χ0v) is 10.9. The predicted octanol–water partition coefficient (Wildman–Crippen LogP) is 0.689. The lowest BCUT2D eigenvalue weighted by Gasteiger charge is -2.16. The summed E-state index contributed by atoms with van der Waals surface area (Å²) in [6.07, 6.45) is 2.66. The first-order valence-corrected chi connectivity index (χ1v) is 6.21. The Morgan fingerprint density at radius 3 is 2.83 bits per heavy atom. The van der Waals surface area contributed by atoms with Gasteiger partial charge in [-0.2, -0.15) is 0 Å². The summed E-state index contributed by atoms with van der Waals surface area (Å²) >= 11 is 0. The maximum Gasteiger partial charge on any atom is 0.223 e. The largest absolute Gasteiger partial charge is 0.488 e. The number of rotatable bonds is 7. The molecule has 0 aliphatic rings. The fourth-order valence-electron chi connectivity index (χ4n) is 1.63. The highest BCUT2D eigenvalue weighted by Gasteiger charge is 2.11. The van der Waals surface area contributed by atoms with Gasteiger partial charge in [0.1, 0.15) is 0 Å². The molecule has 1 rings (SSSR count). The predicted molar refractivity (Wildman–Crippen MR) is 68.9 cm³/mol. The molecular weight excluding hydrogens is 234 g/mol. The van der Waals surface area contributed by atoms with E-state index in [1.165, 1.54) is 6.07 Å². The molecule has 0 aliphatic heterocycles. The van der Waals surface area contributed by atoms with Crippen molar-refractivity contribution in [2.75, 3.05) is 13.2 Å². The van der Waals surface area contributed by atoms with Crippen LogP contribution in [-0.2, 0) is 6.54 Å². The van der Waals surface area contributed by atoms with Crippen LogP contribution >= 0.6 is 0 Å². The van der Waals surface area contributed by atoms with E-state index in [1.54, 1.807) is 17.7 Å². The fourth-order valence-corrected chi connectivity index (χ4v) is 1.63. The lowest BCUT2D eigenvalue weighted by atomic mass is 10.3. The Morgan fingerprint density at radius 1 is 1.50 bits per heavy atom. The highest BCUT2D eigenvalue weighted by Crippen LogP contribution is 2.12. The van der Waals surface area contributed by atoms with Crippen molar-refractivity contribution in [3.63, 3.8) is 0 Å². The summed E-state index contributed by atoms with van der Waals surface area (Å²) in [5.41, 5.74) is 0.518. The van der Waals surface area contributed by atoms with Gasteiger partial charge in [-0.3, -0.25) is 4.79 Å². The highest BCUT2D eigenvalue weighted by atomic mass is 16.5. The summed E-state index contributed by atoms with van der Waals surface area (Å²) in [6, 6.07) is 1.42. The van der Waals surface area contributed by atoms with Gasteiger partial charge in [0, 0.05) is 12.3 Å². The third-order valence-corrected chi connectivity index (χ3v) is 2.75. The monoisotopic (exact) mass is 255 g/mol. The van der Waals surface area contributed by atoms with Gasteiger partial charge < -0.3 is 19.5 Å². The number of ether oxygens (including phenoxy) is 1. The molecule has 0 saturated carbocycles. The van der Waals surface area contributed by atoms with Gasteiger partial charge in [-0.15, -0.1) is 0 Å². The molecule has 0 amide bonds. The summed E-state index contributed by atoms with van der Waals surface area (Å²) < 4.78 is 7.20. The molecule has 0 aromatic carbocycles. The van der Waals surface area contributed by atoms with Gasteiger partial charge >= 0.3 is 0 Å². The third kappa shape index (κ3) is 3.85. The minimum atomic E-state index is -0.838. The molecule has 0 fully saturated rings. The zero-order valence-electron chi connectivity index (χ0n) is 10.9. The summed E-state index contributed by atoms with van der Waals surface area (Å²) in [4.78, 5) is 11.7. The van der Waals surface area contributed by atoms with Crippen LogP contribution in [0.5, 0.6) is 5.75 Å². The molecule has 5 heteroatoms. The minimum absolute atomic E-state index is 0.154. The number of aliphatic hydroxyl groups excluding tert-OH is 2. The SMILES string of the molecule is CCCCOc1c(C)n(CC(O)CO)ccc1=O. The van der Waals surface area contributed by atoms with E-state index in [0.29, 0.717) is 18.1 Å². The van der Waals surface area contributed by atoms with Gasteiger partial charge in [0.25, 0.3) is 0 Å². The van der Waals surface area contributed by atoms with E-state index >= 15 is 0 Å². The Bertz CT molecular complexity index is 427. The van der Waals surface area contributed by atoms with Crippen molar-refractivity contribution < 1.29 is 14.9 Å². The molecule has 1 heterocycles. The lowest BCUT2D eigenvalue weighted by Crippen LogP contribution is -2.23. The van der Waals surface area contributed by atoms with Crippen molar-refractivity contribution in [2.24, 2.45) is 0 Å². The molecule has 102 valence electrons. The zero-order chi connectivity index (χ0) is 13.5. The van der Waals surface area contributed by atoms with E-state index < -0.39 is 6.10 Å². The molecule has 1 atom stereocenters. The molecule has 18 heavy (non-hydrogen) atoms. The third-order valence-electron chi connectivity index (χ3n) is 2.75. The maximum absolute atomic E-state index is 11.7. The first kappa shape index (κ1) is 14.7. The van der Waals surface area contributed by atoms with Crippen LogP contribution in [0.15, 0.2) is 17.1 Å². The quantitative estimate of drug-likeness (QED) is 0.703. The summed E-state index contributed by atoms with van der Waals surface area (Å²) in [6.45, 7) is 4.27. The second-order valence-corrected chi connectivity index (χ2v) is 4.29. The van der Waals surface area contributed by atoms with Gasteiger partial charge in [-0.05, 0) is 13.3 Å². The molecule has 2 N–H and O–H groups in total. The molecule has 0 spiro atoms. The van der Waals surface area contributed by atoms with Crippen LogP contribution in [0.1, 0.15) is 25.5 Å². The molecular formula is C13H21NO4. The molecule has 0 saturated heterocycles. The number of pyridine rings is 1. The van der Waals surface area contributed by atoms with Gasteiger partial charge in [0.05, 0.1) is 31.6 Å². The smallest absolute Gasteiger partial charge is 0.223 e. The summed E-state index contributed by atoms with van der Waals surface area (Å²) in [7, 11) is 0. The number of nitrogens with zero attached hydrogens (tertiary/aromatic N) is 1. The average molecular weight is 255 g/mol. The Balaban J connectivity index is 2.88. The van der Waals surface area contributed by atoms with Gasteiger partial charge in [-0.25, -0.2) is 0 Å². The molecule has 1 unspecified atom stereocenters. The summed E-state index contributed by atoms with van der Waals surface area (Å²) in [5.74, 6) is 0.330. The van der Waals surface area contributed by atoms with Crippen molar-refractivity contribution in [3.8, 4) is 5.75 Å². The normalized spacial score (nSPS) is 12.4. The number of hydrogen-bond acceptors (Lipinski definition) is 4. The van der Waals surface area contributed by atoms with Crippen molar-refractivity contribution >= 4 is 0 Å². The van der Waals surface area contributed by atoms with E-state index in [9.17, 15) is 9.90 Å². The second-order valence-electron chi connectivity index (χ2n) is 4.29. The van der Waals surface area contributed by atoms with Crippen LogP contribution < -0.4 is 10.2 Å².